The third-order valence-electron chi connectivity index (χ3n) is 1.44. The quantitative estimate of drug-likeness (QED) is 0.688. The van der Waals surface area contributed by atoms with Gasteiger partial charge >= 0.3 is 0 Å². The van der Waals surface area contributed by atoms with E-state index >= 15 is 0 Å². The van der Waals surface area contributed by atoms with Gasteiger partial charge in [0.25, 0.3) is 0 Å². The van der Waals surface area contributed by atoms with Gasteiger partial charge in [0.05, 0.1) is 12.4 Å². The Morgan fingerprint density at radius 2 is 1.50 bits per heavy atom. The van der Waals surface area contributed by atoms with Crippen LogP contribution in [0, 0.1) is 0 Å². The Hall–Kier alpha value is -1.89. The van der Waals surface area contributed by atoms with Crippen LogP contribution in [0.4, 0.5) is 0 Å². The minimum absolute atomic E-state index is 0.414. The topological polar surface area (TPSA) is 59.7 Å². The number of nitrogens with zero attached hydrogens (tertiary/aromatic N) is 4. The third-order valence-corrected chi connectivity index (χ3v) is 1.62. The van der Waals surface area contributed by atoms with Crippen LogP contribution in [0.25, 0.3) is 0 Å². The first-order chi connectivity index (χ1) is 6.84. The van der Waals surface area contributed by atoms with E-state index in [0.29, 0.717) is 5.11 Å². The zero-order valence-electron chi connectivity index (χ0n) is 7.16. The van der Waals surface area contributed by atoms with Gasteiger partial charge in [-0.2, -0.15) is 19.8 Å². The number of hydrogen-bond acceptors (Lipinski definition) is 3. The van der Waals surface area contributed by atoms with E-state index in [4.69, 9.17) is 12.2 Å². The van der Waals surface area contributed by atoms with Gasteiger partial charge in [-0.05, 0) is 24.4 Å². The molecule has 2 aromatic heterocycles. The first-order valence-corrected chi connectivity index (χ1v) is 4.33. The molecule has 0 aromatic carbocycles. The molecule has 2 aromatic rings. The molecule has 2 N–H and O–H groups in total. The summed E-state index contributed by atoms with van der Waals surface area (Å²) < 4.78 is 0. The normalized spacial score (nSPS) is 9.71. The molecule has 0 saturated carbocycles. The Morgan fingerprint density at radius 3 is 1.86 bits per heavy atom. The van der Waals surface area contributed by atoms with Crippen molar-refractivity contribution >= 4 is 17.3 Å². The van der Waals surface area contributed by atoms with Crippen molar-refractivity contribution in [1.82, 2.24) is 19.8 Å². The van der Waals surface area contributed by atoms with Crippen LogP contribution in [0.5, 0.6) is 0 Å². The van der Waals surface area contributed by atoms with Gasteiger partial charge in [-0.1, -0.05) is 0 Å². The molecule has 0 spiro atoms. The minimum atomic E-state index is 0.414. The van der Waals surface area contributed by atoms with Crippen LogP contribution in [-0.4, -0.2) is 24.9 Å². The van der Waals surface area contributed by atoms with Gasteiger partial charge in [0.2, 0.25) is 5.11 Å². The van der Waals surface area contributed by atoms with Gasteiger partial charge in [0.15, 0.2) is 0 Å². The van der Waals surface area contributed by atoms with Crippen molar-refractivity contribution in [2.75, 3.05) is 10.9 Å². The number of hydrogen-bond donors (Lipinski definition) is 2. The monoisotopic (exact) mass is 208 g/mol. The Morgan fingerprint density at radius 1 is 1.00 bits per heavy atom. The van der Waals surface area contributed by atoms with E-state index in [1.165, 1.54) is 9.58 Å². The molecule has 72 valence electrons. The standard InChI is InChI=1S/C7H8N6S/c14-7(10-12-5-1-3-8-12)11-13-6-2-4-9-13/h1-6H,(H2,10,11,14). The van der Waals surface area contributed by atoms with Crippen molar-refractivity contribution in [2.45, 2.75) is 0 Å². The van der Waals surface area contributed by atoms with E-state index in [1.54, 1.807) is 36.9 Å². The van der Waals surface area contributed by atoms with Crippen LogP contribution >= 0.6 is 12.2 Å². The van der Waals surface area contributed by atoms with E-state index in [2.05, 4.69) is 21.0 Å². The van der Waals surface area contributed by atoms with Crippen LogP contribution in [0.15, 0.2) is 36.9 Å². The highest BCUT2D eigenvalue weighted by Gasteiger charge is 1.95. The molecule has 0 aliphatic heterocycles. The maximum absolute atomic E-state index is 5.01. The number of nitrogens with one attached hydrogen (secondary N) is 2. The maximum atomic E-state index is 5.01. The fourth-order valence-corrected chi connectivity index (χ4v) is 1.09. The van der Waals surface area contributed by atoms with Crippen LogP contribution in [0.2, 0.25) is 0 Å². The zero-order chi connectivity index (χ0) is 9.80. The van der Waals surface area contributed by atoms with Crippen LogP contribution in [0.3, 0.4) is 0 Å². The average molecular weight is 208 g/mol. The molecule has 0 aliphatic carbocycles. The Bertz CT molecular complexity index is 354. The highest BCUT2D eigenvalue weighted by molar-refractivity contribution is 7.80. The molecule has 0 amide bonds. The molecule has 6 nitrogen and oxygen atoms in total. The Balaban J connectivity index is 1.91. The molecule has 14 heavy (non-hydrogen) atoms. The van der Waals surface area contributed by atoms with E-state index < -0.39 is 0 Å². The molecule has 0 saturated heterocycles. The molecule has 0 unspecified atom stereocenters. The van der Waals surface area contributed by atoms with Crippen molar-refractivity contribution in [1.29, 1.82) is 0 Å². The second-order valence-corrected chi connectivity index (χ2v) is 2.86. The lowest BCUT2D eigenvalue weighted by molar-refractivity contribution is 0.786. The molecule has 2 heterocycles. The summed E-state index contributed by atoms with van der Waals surface area (Å²) in [6.07, 6.45) is 6.81. The Kier molecular flexibility index (Phi) is 2.41. The fourth-order valence-electron chi connectivity index (χ4n) is 0.903. The van der Waals surface area contributed by atoms with Crippen molar-refractivity contribution in [2.24, 2.45) is 0 Å². The molecular weight excluding hydrogens is 200 g/mol. The smallest absolute Gasteiger partial charge is 0.207 e. The van der Waals surface area contributed by atoms with E-state index in [0.717, 1.165) is 0 Å². The third kappa shape index (κ3) is 2.07. The highest BCUT2D eigenvalue weighted by Crippen LogP contribution is 1.82. The van der Waals surface area contributed by atoms with Crippen molar-refractivity contribution in [3.8, 4) is 0 Å². The molecular formula is C7H8N6S. The van der Waals surface area contributed by atoms with Gasteiger partial charge in [-0.3, -0.25) is 10.9 Å². The minimum Gasteiger partial charge on any atom is -0.252 e. The zero-order valence-corrected chi connectivity index (χ0v) is 7.98. The first kappa shape index (κ1) is 8.70. The van der Waals surface area contributed by atoms with Crippen LogP contribution < -0.4 is 10.9 Å². The summed E-state index contributed by atoms with van der Waals surface area (Å²) in [6, 6.07) is 3.59. The largest absolute Gasteiger partial charge is 0.252 e. The van der Waals surface area contributed by atoms with Crippen molar-refractivity contribution in [3.05, 3.63) is 36.9 Å². The number of thiocarbonyl (C=S) groups is 1. The lowest BCUT2D eigenvalue weighted by Crippen LogP contribution is -2.33. The molecule has 7 heteroatoms. The molecule has 0 aliphatic rings. The van der Waals surface area contributed by atoms with Gasteiger partial charge in [0.1, 0.15) is 0 Å². The predicted molar refractivity (Wildman–Crippen MR) is 55.8 cm³/mol. The summed E-state index contributed by atoms with van der Waals surface area (Å²) in [7, 11) is 0. The number of rotatable bonds is 2. The fraction of sp³-hybridized carbons (Fsp3) is 0. The summed E-state index contributed by atoms with van der Waals surface area (Å²) >= 11 is 5.01. The van der Waals surface area contributed by atoms with Gasteiger partial charge < -0.3 is 0 Å². The maximum Gasteiger partial charge on any atom is 0.207 e. The molecule has 0 radical (unpaired) electrons. The molecule has 2 rings (SSSR count). The summed E-state index contributed by atoms with van der Waals surface area (Å²) in [5.41, 5.74) is 5.65. The molecule has 0 atom stereocenters. The average Bonchev–Trinajstić information content (AvgIpc) is 2.76. The lowest BCUT2D eigenvalue weighted by Gasteiger charge is -2.09. The SMILES string of the molecule is S=C(Nn1cccn1)Nn1cccn1. The van der Waals surface area contributed by atoms with Gasteiger partial charge in [0, 0.05) is 12.4 Å². The summed E-state index contributed by atoms with van der Waals surface area (Å²) in [5, 5.41) is 8.28. The summed E-state index contributed by atoms with van der Waals surface area (Å²) in [4.78, 5) is 3.00. The van der Waals surface area contributed by atoms with Gasteiger partial charge in [-0.25, -0.2) is 0 Å². The van der Waals surface area contributed by atoms with E-state index in [1.807, 2.05) is 0 Å². The van der Waals surface area contributed by atoms with Crippen LogP contribution in [-0.2, 0) is 0 Å². The van der Waals surface area contributed by atoms with E-state index in [9.17, 15) is 0 Å². The molecule has 0 fully saturated rings. The summed E-state index contributed by atoms with van der Waals surface area (Å²) in [6.45, 7) is 0. The van der Waals surface area contributed by atoms with Crippen LogP contribution in [0.1, 0.15) is 0 Å². The highest BCUT2D eigenvalue weighted by atomic mass is 32.1. The second kappa shape index (κ2) is 3.88. The van der Waals surface area contributed by atoms with E-state index in [-0.39, 0.29) is 0 Å². The lowest BCUT2D eigenvalue weighted by atomic mass is 10.8. The van der Waals surface area contributed by atoms with Gasteiger partial charge in [-0.15, -0.1) is 0 Å². The second-order valence-electron chi connectivity index (χ2n) is 2.45. The Labute approximate surface area is 85.5 Å². The van der Waals surface area contributed by atoms with Crippen molar-refractivity contribution < 1.29 is 0 Å². The van der Waals surface area contributed by atoms with Crippen molar-refractivity contribution in [3.63, 3.8) is 0 Å². The molecule has 0 bridgehead atoms. The number of aromatic nitrogens is 4. The summed E-state index contributed by atoms with van der Waals surface area (Å²) in [5.74, 6) is 0. The first-order valence-electron chi connectivity index (χ1n) is 3.92. The predicted octanol–water partition coefficient (Wildman–Crippen LogP) is 0.152.